The number of hydrogen-bond acceptors (Lipinski definition) is 5. The van der Waals surface area contributed by atoms with Crippen LogP contribution in [-0.2, 0) is 11.3 Å². The number of halogens is 2. The quantitative estimate of drug-likeness (QED) is 0.701. The van der Waals surface area contributed by atoms with Crippen molar-refractivity contribution in [1.82, 2.24) is 19.6 Å². The average Bonchev–Trinajstić information content (AvgIpc) is 3.16. The number of allylic oxidation sites excluding steroid dienone is 2. The molecule has 0 saturated carbocycles. The Bertz CT molecular complexity index is 915. The average molecular weight is 422 g/mol. The summed E-state index contributed by atoms with van der Waals surface area (Å²) in [4.78, 5) is 37.7. The van der Waals surface area contributed by atoms with Crippen LogP contribution in [0.2, 0.25) is 5.02 Å². The predicted octanol–water partition coefficient (Wildman–Crippen LogP) is 2.91. The van der Waals surface area contributed by atoms with E-state index in [9.17, 15) is 9.59 Å². The number of alkyl halides is 1. The highest BCUT2D eigenvalue weighted by atomic mass is 35.5. The van der Waals surface area contributed by atoms with Crippen molar-refractivity contribution in [3.8, 4) is 0 Å². The molecule has 7 nitrogen and oxygen atoms in total. The van der Waals surface area contributed by atoms with Crippen LogP contribution in [0.5, 0.6) is 0 Å². The molecule has 2 atom stereocenters. The molecule has 148 valence electrons. The Morgan fingerprint density at radius 1 is 1.14 bits per heavy atom. The van der Waals surface area contributed by atoms with Gasteiger partial charge in [-0.05, 0) is 31.5 Å². The van der Waals surface area contributed by atoms with Gasteiger partial charge in [-0.3, -0.25) is 14.6 Å². The minimum absolute atomic E-state index is 0.169. The lowest BCUT2D eigenvalue weighted by atomic mass is 10.1. The molecule has 1 aromatic carbocycles. The molecule has 0 aliphatic carbocycles. The van der Waals surface area contributed by atoms with Crippen LogP contribution in [0, 0.1) is 0 Å². The lowest BCUT2D eigenvalue weighted by Gasteiger charge is -2.40. The molecule has 3 aliphatic rings. The Morgan fingerprint density at radius 3 is 2.57 bits per heavy atom. The van der Waals surface area contributed by atoms with Crippen molar-refractivity contribution < 1.29 is 9.59 Å². The van der Waals surface area contributed by atoms with Gasteiger partial charge in [0.15, 0.2) is 12.2 Å². The molecule has 3 amide bonds. The fourth-order valence-corrected chi connectivity index (χ4v) is 4.38. The minimum atomic E-state index is -0.577. The lowest BCUT2D eigenvalue weighted by Crippen LogP contribution is -2.64. The molecule has 3 heterocycles. The molecule has 1 saturated heterocycles. The number of rotatable bonds is 4. The van der Waals surface area contributed by atoms with Gasteiger partial charge in [-0.1, -0.05) is 23.7 Å². The van der Waals surface area contributed by atoms with Crippen LogP contribution in [0.15, 0.2) is 40.7 Å². The minimum Gasteiger partial charge on any atom is -0.313 e. The third-order valence-electron chi connectivity index (χ3n) is 5.54. The van der Waals surface area contributed by atoms with Crippen molar-refractivity contribution in [2.45, 2.75) is 32.6 Å². The Balaban J connectivity index is 1.67. The van der Waals surface area contributed by atoms with E-state index in [1.807, 2.05) is 29.7 Å². The molecular formula is C19H21Cl2N5O2. The molecule has 1 aromatic rings. The van der Waals surface area contributed by atoms with Crippen LogP contribution >= 0.6 is 23.2 Å². The lowest BCUT2D eigenvalue weighted by molar-refractivity contribution is -0.137. The van der Waals surface area contributed by atoms with Crippen molar-refractivity contribution >= 4 is 41.1 Å². The zero-order valence-corrected chi connectivity index (χ0v) is 17.4. The number of nitrogens with zero attached hydrogens (tertiary/aromatic N) is 5. The van der Waals surface area contributed by atoms with Gasteiger partial charge in [0.25, 0.3) is 5.91 Å². The highest BCUT2D eigenvalue weighted by Gasteiger charge is 2.55. The Labute approximate surface area is 173 Å². The summed E-state index contributed by atoms with van der Waals surface area (Å²) < 4.78 is 0. The van der Waals surface area contributed by atoms with Gasteiger partial charge in [-0.2, -0.15) is 0 Å². The molecule has 28 heavy (non-hydrogen) atoms. The number of guanidine groups is 1. The van der Waals surface area contributed by atoms with Crippen LogP contribution < -0.4 is 0 Å². The number of aliphatic imine (C=N–C) groups is 1. The van der Waals surface area contributed by atoms with E-state index in [-0.39, 0.29) is 18.5 Å². The van der Waals surface area contributed by atoms with Crippen LogP contribution in [-0.4, -0.2) is 69.2 Å². The first-order chi connectivity index (χ1) is 13.3. The number of carbonyl (C=O) groups excluding carboxylic acids is 2. The molecule has 0 radical (unpaired) electrons. The summed E-state index contributed by atoms with van der Waals surface area (Å²) in [6.07, 6.45) is -0.550. The van der Waals surface area contributed by atoms with E-state index in [1.165, 1.54) is 9.80 Å². The second-order valence-electron chi connectivity index (χ2n) is 7.12. The van der Waals surface area contributed by atoms with E-state index >= 15 is 0 Å². The van der Waals surface area contributed by atoms with E-state index in [0.29, 0.717) is 23.4 Å². The highest BCUT2D eigenvalue weighted by Crippen LogP contribution is 2.37. The fraction of sp³-hybridized carbons (Fsp3) is 0.421. The third-order valence-corrected chi connectivity index (χ3v) is 5.95. The summed E-state index contributed by atoms with van der Waals surface area (Å²) in [5.74, 6) is 0.867. The molecule has 3 aliphatic heterocycles. The van der Waals surface area contributed by atoms with Crippen molar-refractivity contribution in [2.75, 3.05) is 19.5 Å². The predicted molar refractivity (Wildman–Crippen MR) is 108 cm³/mol. The number of hydrogen-bond donors (Lipinski definition) is 0. The number of imide groups is 1. The number of urea groups is 1. The zero-order valence-electron chi connectivity index (χ0n) is 15.9. The Hall–Kier alpha value is -2.25. The number of carbonyl (C=O) groups is 2. The molecule has 0 N–H and O–H groups in total. The van der Waals surface area contributed by atoms with Gasteiger partial charge in [-0.25, -0.2) is 9.79 Å². The second kappa shape index (κ2) is 6.97. The summed E-state index contributed by atoms with van der Waals surface area (Å²) in [6, 6.07) is 6.24. The van der Waals surface area contributed by atoms with Crippen LogP contribution in [0.3, 0.4) is 0 Å². The maximum atomic E-state index is 13.4. The first-order valence-corrected chi connectivity index (χ1v) is 9.97. The highest BCUT2D eigenvalue weighted by molar-refractivity contribution is 6.30. The molecule has 0 aromatic heterocycles. The number of likely N-dealkylation sites (N-methyl/N-ethyl adjacent to an activating group) is 1. The molecule has 0 spiro atoms. The topological polar surface area (TPSA) is 59.5 Å². The van der Waals surface area contributed by atoms with Gasteiger partial charge >= 0.3 is 6.03 Å². The zero-order chi connectivity index (χ0) is 20.2. The van der Waals surface area contributed by atoms with Crippen molar-refractivity contribution in [3.05, 3.63) is 46.2 Å². The van der Waals surface area contributed by atoms with Gasteiger partial charge in [0.2, 0.25) is 5.96 Å². The number of fused-ring (bicyclic) bond motifs is 3. The van der Waals surface area contributed by atoms with Gasteiger partial charge in [0.1, 0.15) is 0 Å². The molecule has 0 bridgehead atoms. The van der Waals surface area contributed by atoms with Gasteiger partial charge in [0.05, 0.1) is 6.54 Å². The van der Waals surface area contributed by atoms with Crippen LogP contribution in [0.4, 0.5) is 4.79 Å². The number of amides is 3. The van der Waals surface area contributed by atoms with Gasteiger partial charge in [-0.15, -0.1) is 11.6 Å². The van der Waals surface area contributed by atoms with E-state index in [0.717, 1.165) is 17.0 Å². The summed E-state index contributed by atoms with van der Waals surface area (Å²) in [6.45, 7) is 4.72. The largest absolute Gasteiger partial charge is 0.328 e. The first kappa shape index (κ1) is 19.1. The van der Waals surface area contributed by atoms with E-state index in [4.69, 9.17) is 28.2 Å². The summed E-state index contributed by atoms with van der Waals surface area (Å²) in [5, 5.41) is 0.567. The van der Waals surface area contributed by atoms with E-state index in [2.05, 4.69) is 0 Å². The Morgan fingerprint density at radius 2 is 1.89 bits per heavy atom. The molecular weight excluding hydrogens is 401 g/mol. The van der Waals surface area contributed by atoms with Gasteiger partial charge < -0.3 is 9.80 Å². The van der Waals surface area contributed by atoms with Crippen molar-refractivity contribution in [2.24, 2.45) is 4.99 Å². The molecule has 9 heteroatoms. The smallest absolute Gasteiger partial charge is 0.313 e. The Kier molecular flexibility index (Phi) is 4.75. The SMILES string of the molecule is CC1=C(C)N2C(=NC3C2C(=O)N(Cc2cccc(Cl)c2)C(=O)N3C)N1CCCl. The summed E-state index contributed by atoms with van der Waals surface area (Å²) in [5.41, 5.74) is 2.77. The summed E-state index contributed by atoms with van der Waals surface area (Å²) >= 11 is 12.0. The third kappa shape index (κ3) is 2.76. The summed E-state index contributed by atoms with van der Waals surface area (Å²) in [7, 11) is 1.68. The first-order valence-electron chi connectivity index (χ1n) is 9.05. The van der Waals surface area contributed by atoms with Crippen LogP contribution in [0.1, 0.15) is 19.4 Å². The van der Waals surface area contributed by atoms with Gasteiger partial charge in [0, 0.05) is 35.9 Å². The van der Waals surface area contributed by atoms with Crippen molar-refractivity contribution in [1.29, 1.82) is 0 Å². The van der Waals surface area contributed by atoms with E-state index < -0.39 is 12.2 Å². The van der Waals surface area contributed by atoms with E-state index in [1.54, 1.807) is 25.2 Å². The molecule has 1 fully saturated rings. The molecule has 2 unspecified atom stereocenters. The monoisotopic (exact) mass is 421 g/mol. The second-order valence-corrected chi connectivity index (χ2v) is 7.93. The van der Waals surface area contributed by atoms with Crippen molar-refractivity contribution in [3.63, 3.8) is 0 Å². The maximum Gasteiger partial charge on any atom is 0.328 e. The standard InChI is InChI=1S/C19H21Cl2N5O2/c1-11-12(2)26-15-16(22-18(26)24(11)8-7-20)23(3)19(28)25(17(15)27)10-13-5-4-6-14(21)9-13/h4-6,9,15-16H,7-8,10H2,1-3H3. The number of benzene rings is 1. The fourth-order valence-electron chi connectivity index (χ4n) is 4.00. The maximum absolute atomic E-state index is 13.4. The van der Waals surface area contributed by atoms with Crippen LogP contribution in [0.25, 0.3) is 0 Å². The molecule has 4 rings (SSSR count). The normalized spacial score (nSPS) is 24.2.